The third-order valence-electron chi connectivity index (χ3n) is 4.14. The minimum absolute atomic E-state index is 0.0609. The van der Waals surface area contributed by atoms with Crippen molar-refractivity contribution in [2.24, 2.45) is 0 Å². The number of nitrogens with zero attached hydrogens (tertiary/aromatic N) is 2. The number of nitrogen functional groups attached to an aromatic ring is 1. The van der Waals surface area contributed by atoms with Gasteiger partial charge in [0.05, 0.1) is 0 Å². The molecule has 7 heteroatoms. The molecule has 0 saturated carbocycles. The first kappa shape index (κ1) is 19.0. The molecule has 3 aromatic rings. The number of carbonyl (C=O) groups is 2. The summed E-state index contributed by atoms with van der Waals surface area (Å²) in [5.41, 5.74) is 8.64. The molecule has 1 heterocycles. The van der Waals surface area contributed by atoms with Crippen LogP contribution < -0.4 is 11.1 Å². The highest BCUT2D eigenvalue weighted by Crippen LogP contribution is 2.24. The van der Waals surface area contributed by atoms with Gasteiger partial charge in [0.2, 0.25) is 6.10 Å². The van der Waals surface area contributed by atoms with E-state index < -0.39 is 18.0 Å². The topological polar surface area (TPSA) is 107 Å². The Hall–Kier alpha value is -3.74. The van der Waals surface area contributed by atoms with E-state index in [-0.39, 0.29) is 11.5 Å². The average molecular weight is 376 g/mol. The first-order valence-electron chi connectivity index (χ1n) is 8.66. The molecule has 3 rings (SSSR count). The maximum atomic E-state index is 13.0. The number of rotatable bonds is 5. The number of nitrogens with one attached hydrogen (secondary N) is 1. The van der Waals surface area contributed by atoms with E-state index in [1.807, 2.05) is 38.1 Å². The Balaban J connectivity index is 1.89. The Morgan fingerprint density at radius 3 is 2.46 bits per heavy atom. The molecule has 2 aromatic carbocycles. The molecule has 1 aromatic heterocycles. The third kappa shape index (κ3) is 4.32. The molecule has 0 spiro atoms. The molecule has 0 radical (unpaired) electrons. The van der Waals surface area contributed by atoms with Crippen molar-refractivity contribution in [2.75, 3.05) is 11.1 Å². The summed E-state index contributed by atoms with van der Waals surface area (Å²) in [6.45, 7) is 3.82. The number of amides is 1. The summed E-state index contributed by atoms with van der Waals surface area (Å²) >= 11 is 0. The van der Waals surface area contributed by atoms with Gasteiger partial charge in [-0.05, 0) is 31.0 Å². The standard InChI is InChI=1S/C21H20N4O3/c1-13-8-9-14(2)16(12-13)25-20(26)18(15-6-4-3-5-7-15)28-21(27)17-19(22)24-11-10-23-17/h3-12,18H,1-2H3,(H2,22,24)(H,25,26). The first-order chi connectivity index (χ1) is 13.5. The van der Waals surface area contributed by atoms with E-state index in [4.69, 9.17) is 10.5 Å². The molecule has 28 heavy (non-hydrogen) atoms. The van der Waals surface area contributed by atoms with E-state index >= 15 is 0 Å². The number of anilines is 2. The third-order valence-corrected chi connectivity index (χ3v) is 4.14. The van der Waals surface area contributed by atoms with E-state index in [0.29, 0.717) is 11.3 Å². The van der Waals surface area contributed by atoms with Crippen LogP contribution in [0.5, 0.6) is 0 Å². The SMILES string of the molecule is Cc1ccc(C)c(NC(=O)C(OC(=O)c2nccnc2N)c2ccccc2)c1. The smallest absolute Gasteiger partial charge is 0.361 e. The van der Waals surface area contributed by atoms with E-state index in [1.54, 1.807) is 24.3 Å². The van der Waals surface area contributed by atoms with Crippen molar-refractivity contribution >= 4 is 23.4 Å². The number of carbonyl (C=O) groups excluding carboxylic acids is 2. The highest BCUT2D eigenvalue weighted by molar-refractivity contribution is 5.99. The summed E-state index contributed by atoms with van der Waals surface area (Å²) in [5.74, 6) is -1.36. The molecule has 0 aliphatic carbocycles. The molecule has 3 N–H and O–H groups in total. The number of aryl methyl sites for hydroxylation is 2. The van der Waals surface area contributed by atoms with Crippen molar-refractivity contribution in [3.63, 3.8) is 0 Å². The number of hydrogen-bond acceptors (Lipinski definition) is 6. The zero-order chi connectivity index (χ0) is 20.1. The Morgan fingerprint density at radius 2 is 1.75 bits per heavy atom. The van der Waals surface area contributed by atoms with Gasteiger partial charge in [0.15, 0.2) is 11.5 Å². The minimum Gasteiger partial charge on any atom is -0.442 e. The van der Waals surface area contributed by atoms with Gasteiger partial charge in [0.25, 0.3) is 5.91 Å². The molecule has 1 unspecified atom stereocenters. The van der Waals surface area contributed by atoms with Gasteiger partial charge < -0.3 is 15.8 Å². The molecule has 0 fully saturated rings. The molecule has 0 aliphatic rings. The average Bonchev–Trinajstić information content (AvgIpc) is 2.69. The van der Waals surface area contributed by atoms with Gasteiger partial charge in [-0.25, -0.2) is 14.8 Å². The van der Waals surface area contributed by atoms with Crippen LogP contribution in [0.4, 0.5) is 11.5 Å². The lowest BCUT2D eigenvalue weighted by Crippen LogP contribution is -2.27. The summed E-state index contributed by atoms with van der Waals surface area (Å²) in [6, 6.07) is 14.5. The van der Waals surface area contributed by atoms with E-state index in [2.05, 4.69) is 15.3 Å². The molecular formula is C21H20N4O3. The van der Waals surface area contributed by atoms with Crippen molar-refractivity contribution in [3.05, 3.63) is 83.3 Å². The maximum absolute atomic E-state index is 13.0. The number of esters is 1. The first-order valence-corrected chi connectivity index (χ1v) is 8.66. The number of nitrogens with two attached hydrogens (primary N) is 1. The van der Waals surface area contributed by atoms with Crippen LogP contribution in [0.25, 0.3) is 0 Å². The van der Waals surface area contributed by atoms with E-state index in [9.17, 15) is 9.59 Å². The van der Waals surface area contributed by atoms with Crippen molar-refractivity contribution in [3.8, 4) is 0 Å². The summed E-state index contributed by atoms with van der Waals surface area (Å²) < 4.78 is 5.47. The monoisotopic (exact) mass is 376 g/mol. The predicted molar refractivity (Wildman–Crippen MR) is 106 cm³/mol. The van der Waals surface area contributed by atoms with Gasteiger partial charge in [0, 0.05) is 23.6 Å². The second kappa shape index (κ2) is 8.30. The summed E-state index contributed by atoms with van der Waals surface area (Å²) in [7, 11) is 0. The van der Waals surface area contributed by atoms with Crippen LogP contribution in [0.1, 0.15) is 33.3 Å². The highest BCUT2D eigenvalue weighted by Gasteiger charge is 2.27. The number of aromatic nitrogens is 2. The van der Waals surface area contributed by atoms with E-state index in [0.717, 1.165) is 11.1 Å². The van der Waals surface area contributed by atoms with Gasteiger partial charge in [-0.1, -0.05) is 42.5 Å². The molecule has 0 saturated heterocycles. The Kier molecular flexibility index (Phi) is 5.64. The van der Waals surface area contributed by atoms with E-state index in [1.165, 1.54) is 12.4 Å². The van der Waals surface area contributed by atoms with Gasteiger partial charge in [0.1, 0.15) is 0 Å². The second-order valence-electron chi connectivity index (χ2n) is 6.29. The van der Waals surface area contributed by atoms with Crippen molar-refractivity contribution in [2.45, 2.75) is 20.0 Å². The van der Waals surface area contributed by atoms with Crippen LogP contribution >= 0.6 is 0 Å². The van der Waals surface area contributed by atoms with Crippen LogP contribution in [-0.4, -0.2) is 21.8 Å². The summed E-state index contributed by atoms with van der Waals surface area (Å²) in [4.78, 5) is 33.2. The lowest BCUT2D eigenvalue weighted by atomic mass is 10.1. The normalized spacial score (nSPS) is 11.5. The van der Waals surface area contributed by atoms with Crippen molar-refractivity contribution in [1.29, 1.82) is 0 Å². The largest absolute Gasteiger partial charge is 0.442 e. The van der Waals surface area contributed by atoms with Crippen LogP contribution in [-0.2, 0) is 9.53 Å². The number of benzene rings is 2. The molecule has 1 amide bonds. The fraction of sp³-hybridized carbons (Fsp3) is 0.143. The maximum Gasteiger partial charge on any atom is 0.361 e. The zero-order valence-electron chi connectivity index (χ0n) is 15.5. The molecule has 7 nitrogen and oxygen atoms in total. The highest BCUT2D eigenvalue weighted by atomic mass is 16.5. The van der Waals surface area contributed by atoms with Crippen LogP contribution in [0.15, 0.2) is 60.9 Å². The number of ether oxygens (including phenoxy) is 1. The predicted octanol–water partition coefficient (Wildman–Crippen LogP) is 3.21. The number of hydrogen-bond donors (Lipinski definition) is 2. The summed E-state index contributed by atoms with van der Waals surface area (Å²) in [5, 5.41) is 2.84. The van der Waals surface area contributed by atoms with Crippen LogP contribution in [0.3, 0.4) is 0 Å². The van der Waals surface area contributed by atoms with Crippen molar-refractivity contribution in [1.82, 2.24) is 9.97 Å². The van der Waals surface area contributed by atoms with Crippen LogP contribution in [0.2, 0.25) is 0 Å². The molecule has 1 atom stereocenters. The molecule has 0 bridgehead atoms. The Morgan fingerprint density at radius 1 is 1.04 bits per heavy atom. The fourth-order valence-corrected chi connectivity index (χ4v) is 2.64. The van der Waals surface area contributed by atoms with Crippen molar-refractivity contribution < 1.29 is 14.3 Å². The molecule has 142 valence electrons. The van der Waals surface area contributed by atoms with Gasteiger partial charge >= 0.3 is 5.97 Å². The molecule has 0 aliphatic heterocycles. The molecular weight excluding hydrogens is 356 g/mol. The zero-order valence-corrected chi connectivity index (χ0v) is 15.5. The van der Waals surface area contributed by atoms with Gasteiger partial charge in [-0.2, -0.15) is 0 Å². The lowest BCUT2D eigenvalue weighted by Gasteiger charge is -2.19. The second-order valence-corrected chi connectivity index (χ2v) is 6.29. The lowest BCUT2D eigenvalue weighted by molar-refractivity contribution is -0.125. The van der Waals surface area contributed by atoms with Crippen LogP contribution in [0, 0.1) is 13.8 Å². The summed E-state index contributed by atoms with van der Waals surface area (Å²) in [6.07, 6.45) is 1.53. The van der Waals surface area contributed by atoms with Gasteiger partial charge in [-0.15, -0.1) is 0 Å². The minimum atomic E-state index is -1.17. The quantitative estimate of drug-likeness (QED) is 0.662. The van der Waals surface area contributed by atoms with Gasteiger partial charge in [-0.3, -0.25) is 4.79 Å². The Labute approximate surface area is 162 Å². The Bertz CT molecular complexity index is 1010. The fourth-order valence-electron chi connectivity index (χ4n) is 2.64.